The topological polar surface area (TPSA) is 23.6 Å². The number of piperazine rings is 1. The Kier molecular flexibility index (Phi) is 5.99. The van der Waals surface area contributed by atoms with Gasteiger partial charge in [0.2, 0.25) is 5.91 Å². The molecule has 1 aliphatic rings. The molecule has 2 aromatic rings. The van der Waals surface area contributed by atoms with Gasteiger partial charge in [-0.3, -0.25) is 4.79 Å². The van der Waals surface area contributed by atoms with Gasteiger partial charge in [-0.1, -0.05) is 31.2 Å². The van der Waals surface area contributed by atoms with E-state index in [2.05, 4.69) is 11.8 Å². The molecule has 2 aromatic carbocycles. The molecule has 1 atom stereocenters. The lowest BCUT2D eigenvalue weighted by molar-refractivity contribution is -0.134. The number of amides is 1. The maximum Gasteiger partial charge on any atom is 0.230 e. The van der Waals surface area contributed by atoms with Crippen molar-refractivity contribution in [3.63, 3.8) is 0 Å². The van der Waals surface area contributed by atoms with Crippen LogP contribution in [0.25, 0.3) is 0 Å². The second-order valence-corrected chi connectivity index (χ2v) is 6.69. The fraction of sp³-hybridized carbons (Fsp3) is 0.381. The van der Waals surface area contributed by atoms with Gasteiger partial charge in [0.25, 0.3) is 0 Å². The lowest BCUT2D eigenvalue weighted by atomic mass is 9.90. The molecule has 0 N–H and O–H groups in total. The first-order chi connectivity index (χ1) is 12.6. The van der Waals surface area contributed by atoms with E-state index < -0.39 is 5.92 Å². The Morgan fingerprint density at radius 1 is 0.923 bits per heavy atom. The lowest BCUT2D eigenvalue weighted by Crippen LogP contribution is -2.50. The Morgan fingerprint density at radius 2 is 1.46 bits per heavy atom. The van der Waals surface area contributed by atoms with Crippen LogP contribution in [0.15, 0.2) is 48.5 Å². The quantitative estimate of drug-likeness (QED) is 0.817. The third-order valence-corrected chi connectivity index (χ3v) is 5.05. The van der Waals surface area contributed by atoms with E-state index in [-0.39, 0.29) is 17.5 Å². The molecule has 0 spiro atoms. The van der Waals surface area contributed by atoms with Crippen molar-refractivity contribution in [2.75, 3.05) is 32.7 Å². The summed E-state index contributed by atoms with van der Waals surface area (Å²) in [5.41, 5.74) is 1.68. The molecule has 1 aliphatic heterocycles. The van der Waals surface area contributed by atoms with E-state index in [1.54, 1.807) is 24.3 Å². The molecule has 1 saturated heterocycles. The fourth-order valence-corrected chi connectivity index (χ4v) is 3.40. The van der Waals surface area contributed by atoms with E-state index in [0.29, 0.717) is 19.5 Å². The Hall–Kier alpha value is -2.27. The van der Waals surface area contributed by atoms with Gasteiger partial charge in [-0.25, -0.2) is 8.78 Å². The van der Waals surface area contributed by atoms with Crippen LogP contribution in [-0.2, 0) is 11.2 Å². The highest BCUT2D eigenvalue weighted by Gasteiger charge is 2.28. The van der Waals surface area contributed by atoms with Gasteiger partial charge in [0.05, 0.1) is 5.92 Å². The molecule has 138 valence electrons. The van der Waals surface area contributed by atoms with Crippen LogP contribution in [0.2, 0.25) is 0 Å². The average molecular weight is 358 g/mol. The van der Waals surface area contributed by atoms with Gasteiger partial charge in [-0.2, -0.15) is 0 Å². The molecular weight excluding hydrogens is 334 g/mol. The van der Waals surface area contributed by atoms with Crippen LogP contribution in [0.5, 0.6) is 0 Å². The predicted molar refractivity (Wildman–Crippen MR) is 97.9 cm³/mol. The molecule has 3 rings (SSSR count). The van der Waals surface area contributed by atoms with Gasteiger partial charge < -0.3 is 9.80 Å². The van der Waals surface area contributed by atoms with Crippen LogP contribution in [0.1, 0.15) is 24.0 Å². The minimum absolute atomic E-state index is 0.0525. The molecule has 5 heteroatoms. The molecule has 3 nitrogen and oxygen atoms in total. The summed E-state index contributed by atoms with van der Waals surface area (Å²) in [6.45, 7) is 6.25. The Labute approximate surface area is 153 Å². The van der Waals surface area contributed by atoms with Crippen LogP contribution in [-0.4, -0.2) is 48.4 Å². The van der Waals surface area contributed by atoms with E-state index in [4.69, 9.17) is 0 Å². The zero-order valence-electron chi connectivity index (χ0n) is 15.0. The summed E-state index contributed by atoms with van der Waals surface area (Å²) in [7, 11) is 0. The molecule has 0 saturated carbocycles. The maximum absolute atomic E-state index is 13.3. The summed E-state index contributed by atoms with van der Waals surface area (Å²) in [5.74, 6) is -0.960. The second-order valence-electron chi connectivity index (χ2n) is 6.69. The van der Waals surface area contributed by atoms with Gasteiger partial charge >= 0.3 is 0 Å². The molecule has 0 aliphatic carbocycles. The minimum atomic E-state index is -0.394. The van der Waals surface area contributed by atoms with E-state index in [0.717, 1.165) is 30.8 Å². The third-order valence-electron chi connectivity index (χ3n) is 5.05. The van der Waals surface area contributed by atoms with Crippen molar-refractivity contribution in [1.29, 1.82) is 0 Å². The van der Waals surface area contributed by atoms with Crippen LogP contribution in [0.3, 0.4) is 0 Å². The SMILES string of the molecule is CCN1CCN(C(=O)C(Cc2ccc(F)cc2)c2ccc(F)cc2)CC1. The average Bonchev–Trinajstić information content (AvgIpc) is 2.68. The highest BCUT2D eigenvalue weighted by atomic mass is 19.1. The number of hydrogen-bond donors (Lipinski definition) is 0. The van der Waals surface area contributed by atoms with Gasteiger partial charge in [0, 0.05) is 26.2 Å². The van der Waals surface area contributed by atoms with Gasteiger partial charge in [0.1, 0.15) is 11.6 Å². The van der Waals surface area contributed by atoms with Crippen LogP contribution in [0.4, 0.5) is 8.78 Å². The predicted octanol–water partition coefficient (Wildman–Crippen LogP) is 3.46. The summed E-state index contributed by atoms with van der Waals surface area (Å²) in [4.78, 5) is 17.4. The van der Waals surface area contributed by atoms with Crippen LogP contribution < -0.4 is 0 Å². The zero-order valence-corrected chi connectivity index (χ0v) is 15.0. The molecule has 0 aromatic heterocycles. The molecule has 1 amide bonds. The molecule has 0 bridgehead atoms. The number of carbonyl (C=O) groups is 1. The van der Waals surface area contributed by atoms with Gasteiger partial charge in [0.15, 0.2) is 0 Å². The van der Waals surface area contributed by atoms with E-state index in [1.807, 2.05) is 4.90 Å². The van der Waals surface area contributed by atoms with Gasteiger partial charge in [-0.15, -0.1) is 0 Å². The van der Waals surface area contributed by atoms with Crippen molar-refractivity contribution in [1.82, 2.24) is 9.80 Å². The monoisotopic (exact) mass is 358 g/mol. The lowest BCUT2D eigenvalue weighted by Gasteiger charge is -2.36. The van der Waals surface area contributed by atoms with Crippen LogP contribution in [0, 0.1) is 11.6 Å². The normalized spacial score (nSPS) is 16.5. The fourth-order valence-electron chi connectivity index (χ4n) is 3.40. The highest BCUT2D eigenvalue weighted by Crippen LogP contribution is 2.25. The summed E-state index contributed by atoms with van der Waals surface area (Å²) in [6.07, 6.45) is 0.471. The molecule has 1 fully saturated rings. The molecular formula is C21H24F2N2O. The molecule has 26 heavy (non-hydrogen) atoms. The standard InChI is InChI=1S/C21H24F2N2O/c1-2-24-11-13-25(14-12-24)21(26)20(17-5-9-19(23)10-6-17)15-16-3-7-18(22)8-4-16/h3-10,20H,2,11-15H2,1H3. The van der Waals surface area contributed by atoms with E-state index in [9.17, 15) is 13.6 Å². The number of carbonyl (C=O) groups excluding carboxylic acids is 1. The first kappa shape index (κ1) is 18.5. The first-order valence-electron chi connectivity index (χ1n) is 9.08. The maximum atomic E-state index is 13.3. The largest absolute Gasteiger partial charge is 0.340 e. The zero-order chi connectivity index (χ0) is 18.5. The summed E-state index contributed by atoms with van der Waals surface area (Å²) < 4.78 is 26.5. The first-order valence-corrected chi connectivity index (χ1v) is 9.08. The number of hydrogen-bond acceptors (Lipinski definition) is 2. The van der Waals surface area contributed by atoms with E-state index >= 15 is 0 Å². The highest BCUT2D eigenvalue weighted by molar-refractivity contribution is 5.84. The van der Waals surface area contributed by atoms with E-state index in [1.165, 1.54) is 24.3 Å². The summed E-state index contributed by atoms with van der Waals surface area (Å²) in [5, 5.41) is 0. The van der Waals surface area contributed by atoms with Crippen molar-refractivity contribution in [3.8, 4) is 0 Å². The smallest absolute Gasteiger partial charge is 0.230 e. The van der Waals surface area contributed by atoms with Crippen molar-refractivity contribution in [2.45, 2.75) is 19.3 Å². The van der Waals surface area contributed by atoms with Crippen molar-refractivity contribution < 1.29 is 13.6 Å². The number of nitrogens with zero attached hydrogens (tertiary/aromatic N) is 2. The minimum Gasteiger partial charge on any atom is -0.340 e. The van der Waals surface area contributed by atoms with Crippen molar-refractivity contribution in [2.24, 2.45) is 0 Å². The summed E-state index contributed by atoms with van der Waals surface area (Å²) in [6, 6.07) is 12.3. The molecule has 0 radical (unpaired) electrons. The number of benzene rings is 2. The molecule has 1 unspecified atom stereocenters. The summed E-state index contributed by atoms with van der Waals surface area (Å²) >= 11 is 0. The number of likely N-dealkylation sites (N-methyl/N-ethyl adjacent to an activating group) is 1. The van der Waals surface area contributed by atoms with Gasteiger partial charge in [-0.05, 0) is 48.4 Å². The van der Waals surface area contributed by atoms with Crippen molar-refractivity contribution in [3.05, 3.63) is 71.3 Å². The third kappa shape index (κ3) is 4.47. The number of halogens is 2. The Bertz CT molecular complexity index is 723. The molecule has 1 heterocycles. The van der Waals surface area contributed by atoms with Crippen LogP contribution >= 0.6 is 0 Å². The number of rotatable bonds is 5. The Balaban J connectivity index is 1.81. The Morgan fingerprint density at radius 3 is 2.00 bits per heavy atom. The second kappa shape index (κ2) is 8.41. The van der Waals surface area contributed by atoms with Crippen molar-refractivity contribution >= 4 is 5.91 Å².